The number of nitrogens with one attached hydrogen (secondary N) is 1. The molecule has 1 saturated heterocycles. The third kappa shape index (κ3) is 1.85. The molecule has 0 aliphatic carbocycles. The number of aromatic nitrogens is 1. The van der Waals surface area contributed by atoms with Gasteiger partial charge in [-0.2, -0.15) is 4.37 Å². The molecule has 1 aliphatic rings. The van der Waals surface area contributed by atoms with Crippen LogP contribution in [0, 0.1) is 0 Å². The molecule has 1 N–H and O–H groups in total. The van der Waals surface area contributed by atoms with E-state index < -0.39 is 0 Å². The van der Waals surface area contributed by atoms with Crippen molar-refractivity contribution in [2.75, 3.05) is 38.2 Å². The number of rotatable bonds is 2. The first kappa shape index (κ1) is 10.8. The van der Waals surface area contributed by atoms with Gasteiger partial charge in [-0.25, -0.2) is 0 Å². The quantitative estimate of drug-likeness (QED) is 0.879. The van der Waals surface area contributed by atoms with Crippen LogP contribution in [0.2, 0.25) is 0 Å². The van der Waals surface area contributed by atoms with E-state index in [0.717, 1.165) is 42.4 Å². The molecule has 0 spiro atoms. The Morgan fingerprint density at radius 1 is 1.35 bits per heavy atom. The lowest BCUT2D eigenvalue weighted by atomic mass is 10.2. The highest BCUT2D eigenvalue weighted by Gasteiger charge is 2.17. The summed E-state index contributed by atoms with van der Waals surface area (Å²) in [5.41, 5.74) is 0. The van der Waals surface area contributed by atoms with Crippen LogP contribution >= 0.6 is 11.5 Å². The Labute approximate surface area is 104 Å². The molecule has 0 amide bonds. The highest BCUT2D eigenvalue weighted by Crippen LogP contribution is 2.35. The lowest BCUT2D eigenvalue weighted by Crippen LogP contribution is -2.43. The van der Waals surface area contributed by atoms with E-state index in [2.05, 4.69) is 20.7 Å². The van der Waals surface area contributed by atoms with Crippen molar-refractivity contribution in [2.24, 2.45) is 0 Å². The van der Waals surface area contributed by atoms with E-state index in [1.54, 1.807) is 7.11 Å². The van der Waals surface area contributed by atoms with Crippen LogP contribution in [0.4, 0.5) is 5.82 Å². The maximum atomic E-state index is 5.37. The summed E-state index contributed by atoms with van der Waals surface area (Å²) in [7, 11) is 1.71. The third-order valence-electron chi connectivity index (χ3n) is 3.08. The molecule has 2 heterocycles. The van der Waals surface area contributed by atoms with Crippen molar-refractivity contribution in [1.29, 1.82) is 0 Å². The number of benzene rings is 1. The van der Waals surface area contributed by atoms with Crippen LogP contribution in [-0.2, 0) is 0 Å². The minimum Gasteiger partial charge on any atom is -0.495 e. The normalized spacial score (nSPS) is 16.4. The third-order valence-corrected chi connectivity index (χ3v) is 3.95. The highest BCUT2D eigenvalue weighted by atomic mass is 32.1. The Bertz CT molecular complexity index is 519. The predicted molar refractivity (Wildman–Crippen MR) is 71.3 cm³/mol. The van der Waals surface area contributed by atoms with Crippen molar-refractivity contribution in [3.63, 3.8) is 0 Å². The maximum absolute atomic E-state index is 5.37. The molecule has 17 heavy (non-hydrogen) atoms. The summed E-state index contributed by atoms with van der Waals surface area (Å²) < 4.78 is 11.1. The van der Waals surface area contributed by atoms with Gasteiger partial charge >= 0.3 is 0 Å². The molecule has 2 aromatic rings. The van der Waals surface area contributed by atoms with E-state index in [-0.39, 0.29) is 0 Å². The molecule has 90 valence electrons. The Morgan fingerprint density at radius 2 is 2.18 bits per heavy atom. The zero-order chi connectivity index (χ0) is 11.7. The van der Waals surface area contributed by atoms with Crippen LogP contribution in [0.1, 0.15) is 0 Å². The molecule has 0 saturated carbocycles. The van der Waals surface area contributed by atoms with Crippen LogP contribution in [0.3, 0.4) is 0 Å². The van der Waals surface area contributed by atoms with E-state index in [4.69, 9.17) is 4.74 Å². The van der Waals surface area contributed by atoms with Gasteiger partial charge in [-0.05, 0) is 23.7 Å². The van der Waals surface area contributed by atoms with Crippen LogP contribution < -0.4 is 15.0 Å². The van der Waals surface area contributed by atoms with Crippen LogP contribution in [-0.4, -0.2) is 37.7 Å². The number of hydrogen-bond acceptors (Lipinski definition) is 5. The topological polar surface area (TPSA) is 37.4 Å². The van der Waals surface area contributed by atoms with E-state index >= 15 is 0 Å². The maximum Gasteiger partial charge on any atom is 0.150 e. The van der Waals surface area contributed by atoms with Gasteiger partial charge in [0.2, 0.25) is 0 Å². The fraction of sp³-hybridized carbons (Fsp3) is 0.417. The van der Waals surface area contributed by atoms with E-state index in [0.29, 0.717) is 0 Å². The number of piperazine rings is 1. The van der Waals surface area contributed by atoms with Crippen LogP contribution in [0.5, 0.6) is 5.75 Å². The van der Waals surface area contributed by atoms with Crippen molar-refractivity contribution in [3.05, 3.63) is 18.2 Å². The largest absolute Gasteiger partial charge is 0.495 e. The smallest absolute Gasteiger partial charge is 0.150 e. The first-order chi connectivity index (χ1) is 8.40. The molecule has 1 aromatic carbocycles. The van der Waals surface area contributed by atoms with Gasteiger partial charge < -0.3 is 15.0 Å². The van der Waals surface area contributed by atoms with Crippen LogP contribution in [0.25, 0.3) is 10.1 Å². The fourth-order valence-corrected chi connectivity index (χ4v) is 3.08. The van der Waals surface area contributed by atoms with Gasteiger partial charge in [0, 0.05) is 31.6 Å². The summed E-state index contributed by atoms with van der Waals surface area (Å²) in [4.78, 5) is 2.34. The van der Waals surface area contributed by atoms with Gasteiger partial charge in [0.05, 0.1) is 11.8 Å². The molecule has 0 radical (unpaired) electrons. The van der Waals surface area contributed by atoms with Gasteiger partial charge in [0.15, 0.2) is 0 Å². The Morgan fingerprint density at radius 3 is 2.94 bits per heavy atom. The summed E-state index contributed by atoms with van der Waals surface area (Å²) in [6.45, 7) is 4.11. The number of fused-ring (bicyclic) bond motifs is 1. The van der Waals surface area contributed by atoms with Crippen molar-refractivity contribution in [2.45, 2.75) is 0 Å². The zero-order valence-electron chi connectivity index (χ0n) is 9.77. The summed E-state index contributed by atoms with van der Waals surface area (Å²) in [6, 6.07) is 6.14. The molecule has 5 heteroatoms. The number of anilines is 1. The molecule has 0 unspecified atom stereocenters. The van der Waals surface area contributed by atoms with Crippen molar-refractivity contribution in [3.8, 4) is 5.75 Å². The van der Waals surface area contributed by atoms with Gasteiger partial charge in [-0.15, -0.1) is 0 Å². The first-order valence-electron chi connectivity index (χ1n) is 5.78. The predicted octanol–water partition coefficient (Wildman–Crippen LogP) is 1.71. The van der Waals surface area contributed by atoms with Gasteiger partial charge in [-0.3, -0.25) is 0 Å². The van der Waals surface area contributed by atoms with Crippen molar-refractivity contribution < 1.29 is 4.74 Å². The van der Waals surface area contributed by atoms with Crippen LogP contribution in [0.15, 0.2) is 18.2 Å². The minimum atomic E-state index is 0.918. The van der Waals surface area contributed by atoms with Gasteiger partial charge in [0.25, 0.3) is 0 Å². The Hall–Kier alpha value is -1.33. The minimum absolute atomic E-state index is 0.918. The second-order valence-corrected chi connectivity index (χ2v) is 4.85. The molecule has 3 rings (SSSR count). The molecular weight excluding hydrogens is 234 g/mol. The first-order valence-corrected chi connectivity index (χ1v) is 6.55. The Balaban J connectivity index is 2.05. The number of hydrogen-bond donors (Lipinski definition) is 1. The summed E-state index contributed by atoms with van der Waals surface area (Å²) in [5.74, 6) is 2.02. The second-order valence-electron chi connectivity index (χ2n) is 4.08. The molecular formula is C12H15N3OS. The summed E-state index contributed by atoms with van der Waals surface area (Å²) >= 11 is 1.52. The van der Waals surface area contributed by atoms with Crippen molar-refractivity contribution >= 4 is 27.4 Å². The summed E-state index contributed by atoms with van der Waals surface area (Å²) in [6.07, 6.45) is 0. The number of methoxy groups -OCH3 is 1. The molecule has 0 bridgehead atoms. The van der Waals surface area contributed by atoms with Gasteiger partial charge in [0.1, 0.15) is 11.6 Å². The number of nitrogens with zero attached hydrogens (tertiary/aromatic N) is 2. The highest BCUT2D eigenvalue weighted by molar-refractivity contribution is 7.14. The second kappa shape index (κ2) is 4.50. The van der Waals surface area contributed by atoms with E-state index in [9.17, 15) is 0 Å². The molecule has 4 nitrogen and oxygen atoms in total. The molecule has 1 fully saturated rings. The summed E-state index contributed by atoms with van der Waals surface area (Å²) in [5, 5.41) is 4.56. The zero-order valence-corrected chi connectivity index (χ0v) is 10.6. The van der Waals surface area contributed by atoms with E-state index in [1.165, 1.54) is 16.9 Å². The number of ether oxygens (including phenoxy) is 1. The SMILES string of the molecule is COc1cccc2c(N3CCNCC3)nsc12. The lowest BCUT2D eigenvalue weighted by Gasteiger charge is -2.27. The standard InChI is InChI=1S/C12H15N3OS/c1-16-10-4-2-3-9-11(10)17-14-12(9)15-7-5-13-6-8-15/h2-4,13H,5-8H2,1H3. The van der Waals surface area contributed by atoms with E-state index in [1.807, 2.05) is 12.1 Å². The molecule has 1 aliphatic heterocycles. The Kier molecular flexibility index (Phi) is 2.86. The molecule has 0 atom stereocenters. The average Bonchev–Trinajstić information content (AvgIpc) is 2.83. The average molecular weight is 249 g/mol. The van der Waals surface area contributed by atoms with Gasteiger partial charge in [-0.1, -0.05) is 6.07 Å². The van der Waals surface area contributed by atoms with Crippen molar-refractivity contribution in [1.82, 2.24) is 9.69 Å². The molecule has 1 aromatic heterocycles. The monoisotopic (exact) mass is 249 g/mol. The lowest BCUT2D eigenvalue weighted by molar-refractivity contribution is 0.420. The fourth-order valence-electron chi connectivity index (χ4n) is 2.19.